The summed E-state index contributed by atoms with van der Waals surface area (Å²) in [4.78, 5) is 20.1. The molecule has 0 saturated heterocycles. The second-order valence-corrected chi connectivity index (χ2v) is 2.60. The number of para-hydroxylation sites is 1. The Bertz CT molecular complexity index is 414. The molecule has 0 aliphatic rings. The van der Waals surface area contributed by atoms with Crippen molar-refractivity contribution in [2.45, 2.75) is 6.18 Å². The van der Waals surface area contributed by atoms with Crippen LogP contribution in [0.15, 0.2) is 24.3 Å². The van der Waals surface area contributed by atoms with Crippen LogP contribution in [0.2, 0.25) is 0 Å². The highest BCUT2D eigenvalue weighted by molar-refractivity contribution is 6.03. The number of Topliss-reactive ketones (excluding diaryl/α,β-unsaturated/α-hetero) is 1. The van der Waals surface area contributed by atoms with E-state index in [-0.39, 0.29) is 0 Å². The number of carbonyl (C=O) groups is 1. The van der Waals surface area contributed by atoms with Crippen LogP contribution in [0.1, 0.15) is 10.4 Å². The van der Waals surface area contributed by atoms with Crippen LogP contribution in [0.25, 0.3) is 0 Å². The molecular weight excluding hydrogens is 215 g/mol. The lowest BCUT2D eigenvalue weighted by molar-refractivity contribution is -0.385. The molecule has 0 saturated carbocycles. The van der Waals surface area contributed by atoms with E-state index in [9.17, 15) is 28.1 Å². The third kappa shape index (κ3) is 2.30. The van der Waals surface area contributed by atoms with Crippen LogP contribution in [-0.2, 0) is 0 Å². The number of nitro groups is 1. The molecule has 1 rings (SSSR count). The third-order valence-corrected chi connectivity index (χ3v) is 1.60. The smallest absolute Gasteiger partial charge is 0.284 e. The molecule has 0 radical (unpaired) electrons. The van der Waals surface area contributed by atoms with E-state index in [0.29, 0.717) is 0 Å². The Kier molecular flexibility index (Phi) is 2.74. The van der Waals surface area contributed by atoms with E-state index in [1.54, 1.807) is 0 Å². The van der Waals surface area contributed by atoms with Crippen molar-refractivity contribution < 1.29 is 22.9 Å². The molecule has 0 aromatic heterocycles. The van der Waals surface area contributed by atoms with E-state index in [2.05, 4.69) is 0 Å². The fourth-order valence-electron chi connectivity index (χ4n) is 0.978. The molecule has 0 heterocycles. The number of nitrogens with zero attached hydrogens (tertiary/aromatic N) is 1. The van der Waals surface area contributed by atoms with Gasteiger partial charge < -0.3 is 0 Å². The molecule has 15 heavy (non-hydrogen) atoms. The Morgan fingerprint density at radius 1 is 1.27 bits per heavy atom. The SMILES string of the molecule is O=C(c1ccccc1[N+](=O)[O-])C(F)(F)F. The minimum Gasteiger partial charge on any atom is -0.284 e. The second-order valence-electron chi connectivity index (χ2n) is 2.60. The highest BCUT2D eigenvalue weighted by Crippen LogP contribution is 2.27. The minimum atomic E-state index is -5.11. The zero-order valence-electron chi connectivity index (χ0n) is 7.12. The summed E-state index contributed by atoms with van der Waals surface area (Å²) >= 11 is 0. The van der Waals surface area contributed by atoms with Gasteiger partial charge in [-0.1, -0.05) is 12.1 Å². The first-order valence-corrected chi connectivity index (χ1v) is 3.69. The van der Waals surface area contributed by atoms with Gasteiger partial charge in [0, 0.05) is 6.07 Å². The molecule has 7 heteroatoms. The molecule has 80 valence electrons. The van der Waals surface area contributed by atoms with Gasteiger partial charge in [0.25, 0.3) is 11.5 Å². The van der Waals surface area contributed by atoms with Crippen LogP contribution < -0.4 is 0 Å². The monoisotopic (exact) mass is 219 g/mol. The number of nitro benzene ring substituents is 1. The van der Waals surface area contributed by atoms with Gasteiger partial charge in [-0.3, -0.25) is 14.9 Å². The Balaban J connectivity index is 3.26. The fourth-order valence-corrected chi connectivity index (χ4v) is 0.978. The largest absolute Gasteiger partial charge is 0.455 e. The van der Waals surface area contributed by atoms with Gasteiger partial charge in [-0.2, -0.15) is 13.2 Å². The Morgan fingerprint density at radius 2 is 1.80 bits per heavy atom. The van der Waals surface area contributed by atoms with Crippen molar-refractivity contribution >= 4 is 11.5 Å². The number of carbonyl (C=O) groups excluding carboxylic acids is 1. The lowest BCUT2D eigenvalue weighted by Crippen LogP contribution is -2.23. The molecule has 0 aliphatic heterocycles. The summed E-state index contributed by atoms with van der Waals surface area (Å²) in [6.45, 7) is 0. The van der Waals surface area contributed by atoms with E-state index >= 15 is 0 Å². The summed E-state index contributed by atoms with van der Waals surface area (Å²) < 4.78 is 36.0. The number of hydrogen-bond acceptors (Lipinski definition) is 3. The summed E-state index contributed by atoms with van der Waals surface area (Å²) in [5, 5.41) is 10.3. The summed E-state index contributed by atoms with van der Waals surface area (Å²) in [6, 6.07) is 3.93. The van der Waals surface area contributed by atoms with Crippen molar-refractivity contribution in [1.82, 2.24) is 0 Å². The average molecular weight is 219 g/mol. The zero-order valence-corrected chi connectivity index (χ0v) is 7.12. The van der Waals surface area contributed by atoms with Gasteiger partial charge >= 0.3 is 6.18 Å². The predicted octanol–water partition coefficient (Wildman–Crippen LogP) is 2.34. The maximum absolute atomic E-state index is 12.0. The molecule has 1 aromatic carbocycles. The van der Waals surface area contributed by atoms with E-state index in [1.165, 1.54) is 6.07 Å². The fraction of sp³-hybridized carbons (Fsp3) is 0.125. The summed E-state index contributed by atoms with van der Waals surface area (Å²) in [5.41, 5.74) is -1.80. The van der Waals surface area contributed by atoms with Crippen LogP contribution in [0, 0.1) is 10.1 Å². The van der Waals surface area contributed by atoms with Crippen molar-refractivity contribution in [3.05, 3.63) is 39.9 Å². The number of benzene rings is 1. The lowest BCUT2D eigenvalue weighted by atomic mass is 10.1. The van der Waals surface area contributed by atoms with Crippen molar-refractivity contribution in [2.24, 2.45) is 0 Å². The van der Waals surface area contributed by atoms with Gasteiger partial charge in [0.05, 0.1) is 4.92 Å². The summed E-state index contributed by atoms with van der Waals surface area (Å²) in [6.07, 6.45) is -5.11. The molecule has 0 bridgehead atoms. The van der Waals surface area contributed by atoms with Crippen molar-refractivity contribution in [2.75, 3.05) is 0 Å². The topological polar surface area (TPSA) is 60.2 Å². The zero-order chi connectivity index (χ0) is 11.6. The van der Waals surface area contributed by atoms with Crippen LogP contribution in [0.4, 0.5) is 18.9 Å². The van der Waals surface area contributed by atoms with Gasteiger partial charge in [-0.25, -0.2) is 0 Å². The van der Waals surface area contributed by atoms with Crippen LogP contribution in [0.5, 0.6) is 0 Å². The van der Waals surface area contributed by atoms with Gasteiger partial charge in [0.1, 0.15) is 5.56 Å². The number of halogens is 3. The van der Waals surface area contributed by atoms with Crippen molar-refractivity contribution in [3.8, 4) is 0 Å². The molecule has 0 fully saturated rings. The first-order chi connectivity index (χ1) is 6.84. The molecule has 1 aromatic rings. The van der Waals surface area contributed by atoms with Gasteiger partial charge in [0.2, 0.25) is 0 Å². The molecule has 4 nitrogen and oxygen atoms in total. The minimum absolute atomic E-state index is 0.772. The molecule has 0 spiro atoms. The number of ketones is 1. The van der Waals surface area contributed by atoms with Crippen molar-refractivity contribution in [3.63, 3.8) is 0 Å². The standard InChI is InChI=1S/C8H4F3NO3/c9-8(10,11)7(13)5-3-1-2-4-6(5)12(14)15/h1-4H. The van der Waals surface area contributed by atoms with E-state index in [4.69, 9.17) is 0 Å². The Morgan fingerprint density at radius 3 is 2.27 bits per heavy atom. The van der Waals surface area contributed by atoms with Gasteiger partial charge in [0.15, 0.2) is 0 Å². The normalized spacial score (nSPS) is 11.1. The number of alkyl halides is 3. The summed E-state index contributed by atoms with van der Waals surface area (Å²) in [7, 11) is 0. The Hall–Kier alpha value is -1.92. The van der Waals surface area contributed by atoms with E-state index in [0.717, 1.165) is 18.2 Å². The Labute approximate surface area is 81.5 Å². The molecular formula is C8H4F3NO3. The van der Waals surface area contributed by atoms with Crippen LogP contribution >= 0.6 is 0 Å². The predicted molar refractivity (Wildman–Crippen MR) is 43.5 cm³/mol. The number of rotatable bonds is 2. The average Bonchev–Trinajstić information content (AvgIpc) is 2.15. The third-order valence-electron chi connectivity index (χ3n) is 1.60. The van der Waals surface area contributed by atoms with Crippen LogP contribution in [0.3, 0.4) is 0 Å². The van der Waals surface area contributed by atoms with E-state index < -0.39 is 28.1 Å². The first kappa shape index (κ1) is 11.2. The lowest BCUT2D eigenvalue weighted by Gasteiger charge is -2.04. The maximum Gasteiger partial charge on any atom is 0.455 e. The highest BCUT2D eigenvalue weighted by Gasteiger charge is 2.42. The number of hydrogen-bond donors (Lipinski definition) is 0. The maximum atomic E-state index is 12.0. The van der Waals surface area contributed by atoms with Crippen molar-refractivity contribution in [1.29, 1.82) is 0 Å². The highest BCUT2D eigenvalue weighted by atomic mass is 19.4. The summed E-state index contributed by atoms with van der Waals surface area (Å²) in [5.74, 6) is -2.21. The quantitative estimate of drug-likeness (QED) is 0.435. The first-order valence-electron chi connectivity index (χ1n) is 3.69. The molecule has 0 atom stereocenters. The van der Waals surface area contributed by atoms with Gasteiger partial charge in [-0.05, 0) is 6.07 Å². The molecule has 0 N–H and O–H groups in total. The molecule has 0 aliphatic carbocycles. The van der Waals surface area contributed by atoms with Crippen LogP contribution in [-0.4, -0.2) is 16.9 Å². The van der Waals surface area contributed by atoms with E-state index in [1.807, 2.05) is 0 Å². The van der Waals surface area contributed by atoms with Gasteiger partial charge in [-0.15, -0.1) is 0 Å². The second kappa shape index (κ2) is 3.68. The molecule has 0 amide bonds. The molecule has 0 unspecified atom stereocenters.